The third-order valence-electron chi connectivity index (χ3n) is 3.40. The summed E-state index contributed by atoms with van der Waals surface area (Å²) >= 11 is 5.33. The largest absolute Gasteiger partial charge is 0.376 e. The normalized spacial score (nSPS) is 17.1. The van der Waals surface area contributed by atoms with E-state index in [1.807, 2.05) is 30.0 Å². The van der Waals surface area contributed by atoms with Crippen molar-refractivity contribution in [3.8, 4) is 6.07 Å². The molecule has 20 heavy (non-hydrogen) atoms. The fourth-order valence-corrected chi connectivity index (χ4v) is 3.88. The molecule has 1 heterocycles. The second kappa shape index (κ2) is 5.90. The average Bonchev–Trinajstić information content (AvgIpc) is 2.49. The predicted molar refractivity (Wildman–Crippen MR) is 87.8 cm³/mol. The van der Waals surface area contributed by atoms with E-state index in [4.69, 9.17) is 0 Å². The molecule has 4 heteroatoms. The van der Waals surface area contributed by atoms with Crippen LogP contribution in [0.4, 0.5) is 5.69 Å². The summed E-state index contributed by atoms with van der Waals surface area (Å²) in [5.74, 6) is 2.09. The van der Waals surface area contributed by atoms with Gasteiger partial charge in [-0.1, -0.05) is 40.2 Å². The van der Waals surface area contributed by atoms with Gasteiger partial charge in [0.05, 0.1) is 17.3 Å². The van der Waals surface area contributed by atoms with Crippen LogP contribution in [0.2, 0.25) is 0 Å². The number of halogens is 1. The highest BCUT2D eigenvalue weighted by Crippen LogP contribution is 2.34. The Morgan fingerprint density at radius 3 is 2.95 bits per heavy atom. The van der Waals surface area contributed by atoms with Crippen molar-refractivity contribution in [3.63, 3.8) is 0 Å². The molecule has 3 rings (SSSR count). The number of nitrogens with one attached hydrogen (secondary N) is 1. The maximum Gasteiger partial charge on any atom is 0.101 e. The molecule has 0 saturated heterocycles. The lowest BCUT2D eigenvalue weighted by atomic mass is 10.0. The minimum Gasteiger partial charge on any atom is -0.376 e. The number of benzene rings is 2. The first-order valence-corrected chi connectivity index (χ1v) is 8.34. The topological polar surface area (TPSA) is 35.8 Å². The summed E-state index contributed by atoms with van der Waals surface area (Å²) in [6.45, 7) is 0. The van der Waals surface area contributed by atoms with Gasteiger partial charge in [-0.3, -0.25) is 0 Å². The molecule has 1 aliphatic heterocycles. The molecular formula is C16H13BrN2S. The molecule has 2 nitrogen and oxygen atoms in total. The zero-order valence-corrected chi connectivity index (χ0v) is 13.2. The average molecular weight is 345 g/mol. The van der Waals surface area contributed by atoms with Crippen molar-refractivity contribution in [3.05, 3.63) is 63.6 Å². The van der Waals surface area contributed by atoms with E-state index in [0.717, 1.165) is 21.7 Å². The van der Waals surface area contributed by atoms with E-state index < -0.39 is 0 Å². The molecular weight excluding hydrogens is 332 g/mol. The van der Waals surface area contributed by atoms with Crippen molar-refractivity contribution in [2.75, 3.05) is 11.1 Å². The van der Waals surface area contributed by atoms with Crippen LogP contribution < -0.4 is 5.32 Å². The van der Waals surface area contributed by atoms with Gasteiger partial charge in [0.25, 0.3) is 0 Å². The number of nitrogens with zero attached hydrogens (tertiary/aromatic N) is 1. The predicted octanol–water partition coefficient (Wildman–Crippen LogP) is 4.72. The standard InChI is InChI=1S/C16H13BrN2S/c17-13-5-6-15(12(7-13)8-18)19-16-10-20-9-11-3-1-2-4-14(11)16/h1-7,16,19H,9-10H2. The van der Waals surface area contributed by atoms with Crippen molar-refractivity contribution in [1.82, 2.24) is 0 Å². The van der Waals surface area contributed by atoms with Gasteiger partial charge in [0, 0.05) is 16.0 Å². The lowest BCUT2D eigenvalue weighted by Gasteiger charge is -2.27. The second-order valence-electron chi connectivity index (χ2n) is 4.71. The third-order valence-corrected chi connectivity index (χ3v) is 4.98. The molecule has 1 aliphatic rings. The zero-order chi connectivity index (χ0) is 13.9. The molecule has 0 spiro atoms. The molecule has 0 saturated carbocycles. The van der Waals surface area contributed by atoms with Crippen molar-refractivity contribution in [1.29, 1.82) is 5.26 Å². The van der Waals surface area contributed by atoms with Gasteiger partial charge in [-0.25, -0.2) is 0 Å². The highest BCUT2D eigenvalue weighted by molar-refractivity contribution is 9.10. The molecule has 0 fully saturated rings. The summed E-state index contributed by atoms with van der Waals surface area (Å²) in [5, 5.41) is 12.8. The SMILES string of the molecule is N#Cc1cc(Br)ccc1NC1CSCc2ccccc21. The van der Waals surface area contributed by atoms with Crippen LogP contribution in [0.1, 0.15) is 22.7 Å². The minimum atomic E-state index is 0.262. The summed E-state index contributed by atoms with van der Waals surface area (Å²) in [6, 6.07) is 16.8. The summed E-state index contributed by atoms with van der Waals surface area (Å²) in [6.07, 6.45) is 0. The molecule has 0 amide bonds. The first kappa shape index (κ1) is 13.5. The highest BCUT2D eigenvalue weighted by Gasteiger charge is 2.20. The van der Waals surface area contributed by atoms with Crippen molar-refractivity contribution in [2.24, 2.45) is 0 Å². The van der Waals surface area contributed by atoms with Crippen molar-refractivity contribution in [2.45, 2.75) is 11.8 Å². The number of anilines is 1. The zero-order valence-electron chi connectivity index (χ0n) is 10.8. The van der Waals surface area contributed by atoms with E-state index in [0.29, 0.717) is 5.56 Å². The third kappa shape index (κ3) is 2.70. The van der Waals surface area contributed by atoms with Gasteiger partial charge < -0.3 is 5.32 Å². The lowest BCUT2D eigenvalue weighted by Crippen LogP contribution is -2.19. The van der Waals surface area contributed by atoms with Crippen molar-refractivity contribution >= 4 is 33.4 Å². The Morgan fingerprint density at radius 2 is 2.10 bits per heavy atom. The number of rotatable bonds is 2. The fourth-order valence-electron chi connectivity index (χ4n) is 2.42. The first-order chi connectivity index (χ1) is 9.78. The Labute approximate surface area is 131 Å². The van der Waals surface area contributed by atoms with Crippen molar-refractivity contribution < 1.29 is 0 Å². The molecule has 0 bridgehead atoms. The smallest absolute Gasteiger partial charge is 0.101 e. The van der Waals surface area contributed by atoms with Crippen LogP contribution in [0.25, 0.3) is 0 Å². The molecule has 2 aromatic rings. The molecule has 1 N–H and O–H groups in total. The number of nitriles is 1. The van der Waals surface area contributed by atoms with Gasteiger partial charge in [-0.15, -0.1) is 0 Å². The maximum absolute atomic E-state index is 9.25. The molecule has 100 valence electrons. The summed E-state index contributed by atoms with van der Waals surface area (Å²) in [7, 11) is 0. The highest BCUT2D eigenvalue weighted by atomic mass is 79.9. The monoisotopic (exact) mass is 344 g/mol. The van der Waals surface area contributed by atoms with Gasteiger partial charge in [-0.2, -0.15) is 17.0 Å². The van der Waals surface area contributed by atoms with Gasteiger partial charge >= 0.3 is 0 Å². The van der Waals surface area contributed by atoms with E-state index in [1.165, 1.54) is 11.1 Å². The van der Waals surface area contributed by atoms with Gasteiger partial charge in [0.1, 0.15) is 6.07 Å². The summed E-state index contributed by atoms with van der Waals surface area (Å²) in [4.78, 5) is 0. The second-order valence-corrected chi connectivity index (χ2v) is 6.66. The Morgan fingerprint density at radius 1 is 1.25 bits per heavy atom. The number of hydrogen-bond donors (Lipinski definition) is 1. The lowest BCUT2D eigenvalue weighted by molar-refractivity contribution is 0.870. The van der Waals surface area contributed by atoms with Crippen LogP contribution in [-0.4, -0.2) is 5.75 Å². The summed E-state index contributed by atoms with van der Waals surface area (Å²) in [5.41, 5.74) is 4.31. The molecule has 0 aliphatic carbocycles. The van der Waals surface area contributed by atoms with E-state index in [-0.39, 0.29) is 6.04 Å². The van der Waals surface area contributed by atoms with Gasteiger partial charge in [0.2, 0.25) is 0 Å². The number of thioether (sulfide) groups is 1. The maximum atomic E-state index is 9.25. The Hall–Kier alpha value is -1.44. The van der Waals surface area contributed by atoms with Crippen LogP contribution in [0, 0.1) is 11.3 Å². The number of fused-ring (bicyclic) bond motifs is 1. The van der Waals surface area contributed by atoms with E-state index >= 15 is 0 Å². The fraction of sp³-hybridized carbons (Fsp3) is 0.188. The number of hydrogen-bond acceptors (Lipinski definition) is 3. The minimum absolute atomic E-state index is 0.262. The quantitative estimate of drug-likeness (QED) is 0.855. The Balaban J connectivity index is 1.92. The van der Waals surface area contributed by atoms with E-state index in [2.05, 4.69) is 51.6 Å². The first-order valence-electron chi connectivity index (χ1n) is 6.39. The Kier molecular flexibility index (Phi) is 4.00. The van der Waals surface area contributed by atoms with E-state index in [1.54, 1.807) is 0 Å². The molecule has 1 unspecified atom stereocenters. The van der Waals surface area contributed by atoms with Crippen LogP contribution in [0.15, 0.2) is 46.9 Å². The molecule has 0 aromatic heterocycles. The Bertz CT molecular complexity index is 678. The van der Waals surface area contributed by atoms with Crippen LogP contribution in [-0.2, 0) is 5.75 Å². The van der Waals surface area contributed by atoms with Gasteiger partial charge in [0.15, 0.2) is 0 Å². The summed E-state index contributed by atoms with van der Waals surface area (Å²) < 4.78 is 0.929. The molecule has 2 aromatic carbocycles. The van der Waals surface area contributed by atoms with E-state index in [9.17, 15) is 5.26 Å². The molecule has 1 atom stereocenters. The van der Waals surface area contributed by atoms with Crippen LogP contribution in [0.3, 0.4) is 0 Å². The van der Waals surface area contributed by atoms with Crippen LogP contribution >= 0.6 is 27.7 Å². The van der Waals surface area contributed by atoms with Crippen LogP contribution in [0.5, 0.6) is 0 Å². The van der Waals surface area contributed by atoms with Gasteiger partial charge in [-0.05, 0) is 29.3 Å². The molecule has 0 radical (unpaired) electrons.